The van der Waals surface area contributed by atoms with Crippen LogP contribution in [0.1, 0.15) is 38.6 Å². The minimum absolute atomic E-state index is 0.209. The Morgan fingerprint density at radius 3 is 2.47 bits per heavy atom. The molecule has 36 heavy (non-hydrogen) atoms. The molecule has 2 heterocycles. The molecule has 7 heteroatoms. The monoisotopic (exact) mass is 486 g/mol. The van der Waals surface area contributed by atoms with Crippen LogP contribution in [-0.4, -0.2) is 17.6 Å². The molecule has 0 bridgehead atoms. The smallest absolute Gasteiger partial charge is 0.287 e. The summed E-state index contributed by atoms with van der Waals surface area (Å²) in [5.41, 5.74) is 4.11. The van der Waals surface area contributed by atoms with E-state index in [4.69, 9.17) is 13.9 Å². The van der Waals surface area contributed by atoms with Crippen LogP contribution in [0.2, 0.25) is 0 Å². The highest BCUT2D eigenvalue weighted by molar-refractivity contribution is 5.91. The second-order valence-corrected chi connectivity index (χ2v) is 8.90. The number of carbonyl (C=O) groups is 1. The van der Waals surface area contributed by atoms with Crippen molar-refractivity contribution in [2.45, 2.75) is 33.1 Å². The number of carbonyl (C=O) groups excluding carboxylic acids is 1. The average Bonchev–Trinajstić information content (AvgIpc) is 3.53. The van der Waals surface area contributed by atoms with Crippen molar-refractivity contribution in [2.75, 3.05) is 6.79 Å². The van der Waals surface area contributed by atoms with Gasteiger partial charge in [0.1, 0.15) is 11.6 Å². The van der Waals surface area contributed by atoms with Gasteiger partial charge in [-0.2, -0.15) is 0 Å². The third-order valence-electron chi connectivity index (χ3n) is 5.98. The van der Waals surface area contributed by atoms with Crippen LogP contribution in [0.4, 0.5) is 4.39 Å². The lowest BCUT2D eigenvalue weighted by Crippen LogP contribution is -2.23. The highest BCUT2D eigenvalue weighted by Crippen LogP contribution is 2.32. The summed E-state index contributed by atoms with van der Waals surface area (Å²) >= 11 is 0. The molecule has 0 atom stereocenters. The Bertz CT molecular complexity index is 1350. The lowest BCUT2D eigenvalue weighted by atomic mass is 10.1. The fraction of sp³-hybridized carbons (Fsp3) is 0.207. The number of fused-ring (bicyclic) bond motifs is 1. The van der Waals surface area contributed by atoms with Crippen LogP contribution in [0.5, 0.6) is 11.5 Å². The minimum atomic E-state index is -0.297. The van der Waals surface area contributed by atoms with E-state index < -0.39 is 0 Å². The van der Waals surface area contributed by atoms with E-state index in [1.54, 1.807) is 18.2 Å². The molecule has 0 saturated heterocycles. The standard InChI is InChI=1S/C29H27FN2O4/c1-20-5-7-21(8-6-20)16-32(17-23-3-2-4-24(30)13-23)18-25-10-12-27(36-25)29(33)31-15-22-9-11-26-28(14-22)35-19-34-26/h2-14H,15-19H2,1H3,(H,31,33). The molecule has 6 nitrogen and oxygen atoms in total. The molecule has 0 fully saturated rings. The molecule has 0 saturated carbocycles. The molecule has 1 amide bonds. The second kappa shape index (κ2) is 10.7. The van der Waals surface area contributed by atoms with Crippen molar-refractivity contribution in [1.29, 1.82) is 0 Å². The quantitative estimate of drug-likeness (QED) is 0.334. The largest absolute Gasteiger partial charge is 0.455 e. The van der Waals surface area contributed by atoms with Crippen molar-refractivity contribution in [3.8, 4) is 11.5 Å². The number of amides is 1. The SMILES string of the molecule is Cc1ccc(CN(Cc2cccc(F)c2)Cc2ccc(C(=O)NCc3ccc4c(c3)OCO4)o2)cc1. The van der Waals surface area contributed by atoms with Gasteiger partial charge in [0.15, 0.2) is 17.3 Å². The third kappa shape index (κ3) is 5.93. The second-order valence-electron chi connectivity index (χ2n) is 8.90. The molecule has 0 radical (unpaired) electrons. The van der Waals surface area contributed by atoms with Crippen LogP contribution < -0.4 is 14.8 Å². The topological polar surface area (TPSA) is 63.9 Å². The molecule has 5 rings (SSSR count). The van der Waals surface area contributed by atoms with E-state index in [-0.39, 0.29) is 24.3 Å². The zero-order valence-electron chi connectivity index (χ0n) is 20.0. The van der Waals surface area contributed by atoms with Gasteiger partial charge >= 0.3 is 0 Å². The first kappa shape index (κ1) is 23.6. The molecule has 1 aliphatic rings. The number of aryl methyl sites for hydroxylation is 1. The van der Waals surface area contributed by atoms with E-state index in [9.17, 15) is 9.18 Å². The van der Waals surface area contributed by atoms with Crippen LogP contribution in [-0.2, 0) is 26.2 Å². The highest BCUT2D eigenvalue weighted by Gasteiger charge is 2.17. The normalized spacial score (nSPS) is 12.2. The first-order valence-electron chi connectivity index (χ1n) is 11.8. The van der Waals surface area contributed by atoms with Gasteiger partial charge < -0.3 is 19.2 Å². The molecule has 3 aromatic carbocycles. The Labute approximate surface area is 209 Å². The number of hydrogen-bond acceptors (Lipinski definition) is 5. The number of hydrogen-bond donors (Lipinski definition) is 1. The third-order valence-corrected chi connectivity index (χ3v) is 5.98. The van der Waals surface area contributed by atoms with Crippen LogP contribution in [0.3, 0.4) is 0 Å². The van der Waals surface area contributed by atoms with Crippen molar-refractivity contribution >= 4 is 5.91 Å². The van der Waals surface area contributed by atoms with Crippen molar-refractivity contribution < 1.29 is 23.1 Å². The number of rotatable bonds is 9. The van der Waals surface area contributed by atoms with E-state index in [0.29, 0.717) is 43.4 Å². The Morgan fingerprint density at radius 2 is 1.64 bits per heavy atom. The molecule has 184 valence electrons. The van der Waals surface area contributed by atoms with E-state index in [1.807, 2.05) is 30.3 Å². The molecule has 0 spiro atoms. The molecule has 0 aliphatic carbocycles. The van der Waals surface area contributed by atoms with E-state index >= 15 is 0 Å². The van der Waals surface area contributed by atoms with Crippen molar-refractivity contribution in [2.24, 2.45) is 0 Å². The lowest BCUT2D eigenvalue weighted by Gasteiger charge is -2.22. The number of ether oxygens (including phenoxy) is 2. The van der Waals surface area contributed by atoms with Crippen LogP contribution >= 0.6 is 0 Å². The van der Waals surface area contributed by atoms with E-state index in [1.165, 1.54) is 11.6 Å². The first-order valence-corrected chi connectivity index (χ1v) is 11.8. The summed E-state index contributed by atoms with van der Waals surface area (Å²) in [5, 5.41) is 2.88. The molecular weight excluding hydrogens is 459 g/mol. The zero-order chi connectivity index (χ0) is 24.9. The Hall–Kier alpha value is -4.10. The first-order chi connectivity index (χ1) is 17.5. The van der Waals surface area contributed by atoms with Gasteiger partial charge in [0, 0.05) is 19.6 Å². The average molecular weight is 487 g/mol. The summed E-state index contributed by atoms with van der Waals surface area (Å²) in [5.74, 6) is 1.72. The summed E-state index contributed by atoms with van der Waals surface area (Å²) < 4.78 is 30.4. The van der Waals surface area contributed by atoms with Gasteiger partial charge in [0.2, 0.25) is 6.79 Å². The van der Waals surface area contributed by atoms with Crippen molar-refractivity contribution in [1.82, 2.24) is 10.2 Å². The number of nitrogens with zero attached hydrogens (tertiary/aromatic N) is 1. The summed E-state index contributed by atoms with van der Waals surface area (Å²) in [6.45, 7) is 4.27. The maximum absolute atomic E-state index is 13.8. The van der Waals surface area contributed by atoms with Gasteiger partial charge in [-0.3, -0.25) is 9.69 Å². The fourth-order valence-electron chi connectivity index (χ4n) is 4.14. The Balaban J connectivity index is 1.24. The van der Waals surface area contributed by atoms with Crippen molar-refractivity contribution in [3.05, 3.63) is 118 Å². The van der Waals surface area contributed by atoms with Gasteiger partial charge in [-0.1, -0.05) is 48.0 Å². The summed E-state index contributed by atoms with van der Waals surface area (Å²) in [6, 6.07) is 24.0. The maximum Gasteiger partial charge on any atom is 0.287 e. The van der Waals surface area contributed by atoms with Crippen LogP contribution in [0, 0.1) is 12.7 Å². The number of halogens is 1. The summed E-state index contributed by atoms with van der Waals surface area (Å²) in [6.07, 6.45) is 0. The van der Waals surface area contributed by atoms with Gasteiger partial charge in [0.25, 0.3) is 5.91 Å². The maximum atomic E-state index is 13.8. The Kier molecular flexibility index (Phi) is 7.00. The predicted octanol–water partition coefficient (Wildman–Crippen LogP) is 5.59. The zero-order valence-corrected chi connectivity index (χ0v) is 20.0. The molecule has 1 aromatic heterocycles. The number of benzene rings is 3. The predicted molar refractivity (Wildman–Crippen MR) is 133 cm³/mol. The van der Waals surface area contributed by atoms with Crippen molar-refractivity contribution in [3.63, 3.8) is 0 Å². The van der Waals surface area contributed by atoms with Crippen LogP contribution in [0.25, 0.3) is 0 Å². The summed E-state index contributed by atoms with van der Waals surface area (Å²) in [4.78, 5) is 14.8. The lowest BCUT2D eigenvalue weighted by molar-refractivity contribution is 0.0918. The number of furan rings is 1. The van der Waals surface area contributed by atoms with Crippen LogP contribution in [0.15, 0.2) is 83.3 Å². The van der Waals surface area contributed by atoms with Gasteiger partial charge in [0.05, 0.1) is 6.54 Å². The van der Waals surface area contributed by atoms with E-state index in [0.717, 1.165) is 16.7 Å². The fourth-order valence-corrected chi connectivity index (χ4v) is 4.14. The highest BCUT2D eigenvalue weighted by atomic mass is 19.1. The van der Waals surface area contributed by atoms with E-state index in [2.05, 4.69) is 41.4 Å². The molecule has 0 unspecified atom stereocenters. The van der Waals surface area contributed by atoms with Gasteiger partial charge in [-0.05, 0) is 60.0 Å². The Morgan fingerprint density at radius 1 is 0.861 bits per heavy atom. The molecule has 1 aliphatic heterocycles. The van der Waals surface area contributed by atoms with Gasteiger partial charge in [-0.15, -0.1) is 0 Å². The minimum Gasteiger partial charge on any atom is -0.455 e. The summed E-state index contributed by atoms with van der Waals surface area (Å²) in [7, 11) is 0. The van der Waals surface area contributed by atoms with Gasteiger partial charge in [-0.25, -0.2) is 4.39 Å². The molecule has 1 N–H and O–H groups in total. The number of nitrogens with one attached hydrogen (secondary N) is 1. The molecule has 4 aromatic rings. The molecular formula is C29H27FN2O4.